The maximum Gasteiger partial charge on any atom is 0.318 e. The molecule has 1 heterocycles. The summed E-state index contributed by atoms with van der Waals surface area (Å²) in [5, 5.41) is 11.4. The fourth-order valence-electron chi connectivity index (χ4n) is 2.42. The zero-order chi connectivity index (χ0) is 13.0. The second-order valence-corrected chi connectivity index (χ2v) is 4.98. The minimum Gasteiger partial charge on any atom is -0.481 e. The average molecular weight is 242 g/mol. The highest BCUT2D eigenvalue weighted by Gasteiger charge is 2.29. The molecule has 0 radical (unpaired) electrons. The molecule has 0 bridgehead atoms. The van der Waals surface area contributed by atoms with Gasteiger partial charge in [-0.15, -0.1) is 0 Å². The van der Waals surface area contributed by atoms with Gasteiger partial charge in [-0.3, -0.25) is 4.79 Å². The Morgan fingerprint density at radius 3 is 2.35 bits per heavy atom. The number of amides is 2. The molecule has 2 amide bonds. The largest absolute Gasteiger partial charge is 0.481 e. The van der Waals surface area contributed by atoms with Crippen molar-refractivity contribution in [3.63, 3.8) is 0 Å². The molecule has 0 aliphatic carbocycles. The number of urea groups is 1. The summed E-state index contributed by atoms with van der Waals surface area (Å²) in [6.45, 7) is 5.79. The molecular weight excluding hydrogens is 220 g/mol. The van der Waals surface area contributed by atoms with Gasteiger partial charge in [0, 0.05) is 18.1 Å². The lowest BCUT2D eigenvalue weighted by molar-refractivity contribution is -0.137. The van der Waals surface area contributed by atoms with Gasteiger partial charge >= 0.3 is 12.0 Å². The second-order valence-electron chi connectivity index (χ2n) is 4.98. The van der Waals surface area contributed by atoms with Crippen molar-refractivity contribution in [3.8, 4) is 0 Å². The Hall–Kier alpha value is -1.26. The van der Waals surface area contributed by atoms with Crippen molar-refractivity contribution < 1.29 is 14.7 Å². The smallest absolute Gasteiger partial charge is 0.318 e. The van der Waals surface area contributed by atoms with E-state index in [0.29, 0.717) is 0 Å². The first kappa shape index (κ1) is 13.8. The number of rotatable bonds is 3. The van der Waals surface area contributed by atoms with Gasteiger partial charge in [0.2, 0.25) is 0 Å². The van der Waals surface area contributed by atoms with Gasteiger partial charge in [0.25, 0.3) is 0 Å². The molecule has 0 aromatic rings. The molecule has 1 fully saturated rings. The van der Waals surface area contributed by atoms with Crippen molar-refractivity contribution in [2.75, 3.05) is 0 Å². The number of carbonyl (C=O) groups excluding carboxylic acids is 1. The molecule has 2 N–H and O–H groups in total. The van der Waals surface area contributed by atoms with Crippen LogP contribution in [0.3, 0.4) is 0 Å². The molecule has 1 aliphatic heterocycles. The van der Waals surface area contributed by atoms with Crippen LogP contribution in [-0.4, -0.2) is 40.1 Å². The molecule has 5 heteroatoms. The number of likely N-dealkylation sites (tertiary alicyclic amines) is 1. The van der Waals surface area contributed by atoms with Gasteiger partial charge in [0.05, 0.1) is 6.42 Å². The molecule has 5 nitrogen and oxygen atoms in total. The third-order valence-corrected chi connectivity index (χ3v) is 3.28. The number of hydrogen-bond acceptors (Lipinski definition) is 2. The highest BCUT2D eigenvalue weighted by molar-refractivity contribution is 5.76. The molecule has 0 aromatic heterocycles. The van der Waals surface area contributed by atoms with E-state index in [2.05, 4.69) is 5.32 Å². The third-order valence-electron chi connectivity index (χ3n) is 3.28. The molecule has 98 valence electrons. The van der Waals surface area contributed by atoms with E-state index >= 15 is 0 Å². The number of aliphatic carboxylic acids is 1. The zero-order valence-electron chi connectivity index (χ0n) is 10.8. The number of carboxylic acids is 1. The average Bonchev–Trinajstić information content (AvgIpc) is 2.15. The van der Waals surface area contributed by atoms with Gasteiger partial charge in [0.15, 0.2) is 0 Å². The summed E-state index contributed by atoms with van der Waals surface area (Å²) in [4.78, 5) is 24.4. The topological polar surface area (TPSA) is 69.6 Å². The first-order valence-electron chi connectivity index (χ1n) is 6.22. The van der Waals surface area contributed by atoms with E-state index in [4.69, 9.17) is 5.11 Å². The molecule has 1 unspecified atom stereocenters. The summed E-state index contributed by atoms with van der Waals surface area (Å²) in [6, 6.07) is -0.00803. The normalized spacial score (nSPS) is 26.4. The lowest BCUT2D eigenvalue weighted by Gasteiger charge is -2.39. The van der Waals surface area contributed by atoms with Crippen LogP contribution in [0.4, 0.5) is 4.79 Å². The van der Waals surface area contributed by atoms with Gasteiger partial charge in [0.1, 0.15) is 0 Å². The first-order chi connectivity index (χ1) is 7.91. The molecule has 0 aromatic carbocycles. The fourth-order valence-corrected chi connectivity index (χ4v) is 2.42. The van der Waals surface area contributed by atoms with Crippen molar-refractivity contribution in [2.24, 2.45) is 0 Å². The summed E-state index contributed by atoms with van der Waals surface area (Å²) < 4.78 is 0. The van der Waals surface area contributed by atoms with Gasteiger partial charge < -0.3 is 15.3 Å². The number of carboxylic acid groups (broad SMARTS) is 1. The number of nitrogens with zero attached hydrogens (tertiary/aromatic N) is 1. The minimum absolute atomic E-state index is 0.0393. The van der Waals surface area contributed by atoms with Crippen LogP contribution in [0.2, 0.25) is 0 Å². The summed E-state index contributed by atoms with van der Waals surface area (Å²) in [5.41, 5.74) is 0. The molecule has 3 atom stereocenters. The zero-order valence-corrected chi connectivity index (χ0v) is 10.8. The summed E-state index contributed by atoms with van der Waals surface area (Å²) >= 11 is 0. The van der Waals surface area contributed by atoms with E-state index in [1.165, 1.54) is 0 Å². The second kappa shape index (κ2) is 5.89. The summed E-state index contributed by atoms with van der Waals surface area (Å²) in [6.07, 6.45) is 3.15. The number of hydrogen-bond donors (Lipinski definition) is 2. The van der Waals surface area contributed by atoms with Crippen molar-refractivity contribution in [2.45, 2.75) is 64.6 Å². The van der Waals surface area contributed by atoms with Crippen LogP contribution < -0.4 is 5.32 Å². The molecule has 0 spiro atoms. The van der Waals surface area contributed by atoms with Crippen LogP contribution >= 0.6 is 0 Å². The van der Waals surface area contributed by atoms with Crippen LogP contribution in [0.15, 0.2) is 0 Å². The molecule has 1 saturated heterocycles. The van der Waals surface area contributed by atoms with Crippen LogP contribution in [0.1, 0.15) is 46.5 Å². The minimum atomic E-state index is -0.891. The first-order valence-corrected chi connectivity index (χ1v) is 6.22. The Morgan fingerprint density at radius 1 is 1.35 bits per heavy atom. The van der Waals surface area contributed by atoms with E-state index < -0.39 is 5.97 Å². The predicted molar refractivity (Wildman–Crippen MR) is 64.9 cm³/mol. The molecule has 17 heavy (non-hydrogen) atoms. The number of carbonyl (C=O) groups is 2. The molecule has 1 rings (SSSR count). The third kappa shape index (κ3) is 3.91. The van der Waals surface area contributed by atoms with Gasteiger partial charge in [-0.05, 0) is 40.0 Å². The van der Waals surface area contributed by atoms with E-state index in [1.54, 1.807) is 6.92 Å². The Morgan fingerprint density at radius 2 is 1.88 bits per heavy atom. The van der Waals surface area contributed by atoms with Crippen molar-refractivity contribution >= 4 is 12.0 Å². The molecule has 0 saturated carbocycles. The Bertz CT molecular complexity index is 283. The SMILES string of the molecule is CC(CC(=O)O)NC(=O)N1[C@H](C)CCC[C@@H]1C. The quantitative estimate of drug-likeness (QED) is 0.793. The summed E-state index contributed by atoms with van der Waals surface area (Å²) in [5.74, 6) is -0.891. The van der Waals surface area contributed by atoms with Crippen molar-refractivity contribution in [3.05, 3.63) is 0 Å². The van der Waals surface area contributed by atoms with Gasteiger partial charge in [-0.1, -0.05) is 0 Å². The maximum atomic E-state index is 12.0. The Balaban J connectivity index is 2.53. The van der Waals surface area contributed by atoms with Crippen LogP contribution in [-0.2, 0) is 4.79 Å². The highest BCUT2D eigenvalue weighted by Crippen LogP contribution is 2.22. The highest BCUT2D eigenvalue weighted by atomic mass is 16.4. The van der Waals surface area contributed by atoms with Gasteiger partial charge in [-0.25, -0.2) is 4.79 Å². The lowest BCUT2D eigenvalue weighted by Crippen LogP contribution is -2.53. The number of piperidine rings is 1. The predicted octanol–water partition coefficient (Wildman–Crippen LogP) is 1.82. The fraction of sp³-hybridized carbons (Fsp3) is 0.833. The van der Waals surface area contributed by atoms with E-state index in [-0.39, 0.29) is 30.6 Å². The maximum absolute atomic E-state index is 12.0. The van der Waals surface area contributed by atoms with Crippen LogP contribution in [0, 0.1) is 0 Å². The number of nitrogens with one attached hydrogen (secondary N) is 1. The molecule has 1 aliphatic rings. The van der Waals surface area contributed by atoms with E-state index in [9.17, 15) is 9.59 Å². The standard InChI is InChI=1S/C12H22N2O3/c1-8(7-11(15)16)13-12(17)14-9(2)5-4-6-10(14)3/h8-10H,4-7H2,1-3H3,(H,13,17)(H,15,16)/t8?,9-,10+. The van der Waals surface area contributed by atoms with E-state index in [0.717, 1.165) is 19.3 Å². The van der Waals surface area contributed by atoms with Gasteiger partial charge in [-0.2, -0.15) is 0 Å². The van der Waals surface area contributed by atoms with E-state index in [1.807, 2.05) is 18.7 Å². The van der Waals surface area contributed by atoms with Crippen molar-refractivity contribution in [1.82, 2.24) is 10.2 Å². The van der Waals surface area contributed by atoms with Crippen molar-refractivity contribution in [1.29, 1.82) is 0 Å². The van der Waals surface area contributed by atoms with Crippen LogP contribution in [0.5, 0.6) is 0 Å². The monoisotopic (exact) mass is 242 g/mol. The van der Waals surface area contributed by atoms with Crippen LogP contribution in [0.25, 0.3) is 0 Å². The lowest BCUT2D eigenvalue weighted by atomic mass is 9.98. The molecular formula is C12H22N2O3. The Kier molecular flexibility index (Phi) is 4.78. The Labute approximate surface area is 102 Å². The summed E-state index contributed by atoms with van der Waals surface area (Å²) in [7, 11) is 0.